The van der Waals surface area contributed by atoms with Crippen molar-refractivity contribution in [2.75, 3.05) is 0 Å². The molecule has 2 aliphatic carbocycles. The van der Waals surface area contributed by atoms with Crippen LogP contribution in [0.4, 0.5) is 0 Å². The number of allylic oxidation sites excluding steroid dienone is 1. The Kier molecular flexibility index (Phi) is 3.55. The summed E-state index contributed by atoms with van der Waals surface area (Å²) in [7, 11) is 7.04. The van der Waals surface area contributed by atoms with Gasteiger partial charge in [0.05, 0.1) is 0 Å². The second-order valence-electron chi connectivity index (χ2n) is 7.78. The average Bonchev–Trinajstić information content (AvgIpc) is 2.99. The molecule has 3 fully saturated rings. The molecule has 1 saturated heterocycles. The quantitative estimate of drug-likeness (QED) is 0.617. The molecule has 0 amide bonds. The van der Waals surface area contributed by atoms with Gasteiger partial charge in [0.2, 0.25) is 0 Å². The molecular weight excluding hydrogens is 359 g/mol. The zero-order chi connectivity index (χ0) is 15.4. The average molecular weight is 384 g/mol. The van der Waals surface area contributed by atoms with Crippen molar-refractivity contribution >= 4 is 28.4 Å². The van der Waals surface area contributed by atoms with Gasteiger partial charge in [-0.1, -0.05) is 0 Å². The second-order valence-corrected chi connectivity index (χ2v) is 15.4. The zero-order valence-electron chi connectivity index (χ0n) is 13.4. The van der Waals surface area contributed by atoms with Crippen molar-refractivity contribution in [2.24, 2.45) is 16.7 Å². The maximum atomic E-state index is 7.04. The van der Waals surface area contributed by atoms with E-state index in [1.165, 1.54) is 30.1 Å². The molecule has 0 radical (unpaired) electrons. The predicted octanol–water partition coefficient (Wildman–Crippen LogP) is 5.61. The molecule has 1 aliphatic heterocycles. The molecule has 2 unspecified atom stereocenters. The summed E-state index contributed by atoms with van der Waals surface area (Å²) in [5.41, 5.74) is 2.06. The number of benzene rings is 1. The van der Waals surface area contributed by atoms with E-state index in [4.69, 9.17) is 13.9 Å². The number of fused-ring (bicyclic) bond motifs is 1. The van der Waals surface area contributed by atoms with Crippen LogP contribution in [0.2, 0.25) is 10.6 Å². The molecule has 2 saturated carbocycles. The maximum absolute atomic E-state index is 7.04. The van der Waals surface area contributed by atoms with Crippen LogP contribution in [-0.4, -0.2) is 18.4 Å². The van der Waals surface area contributed by atoms with Crippen LogP contribution in [0.3, 0.4) is 0 Å². The van der Waals surface area contributed by atoms with Crippen molar-refractivity contribution in [1.29, 1.82) is 0 Å². The molecule has 22 heavy (non-hydrogen) atoms. The Balaban J connectivity index is 1.49. The Morgan fingerprint density at radius 2 is 2.09 bits per heavy atom. The van der Waals surface area contributed by atoms with E-state index >= 15 is 0 Å². The molecule has 1 heterocycles. The second kappa shape index (κ2) is 5.11. The molecule has 3 aliphatic rings. The first-order valence-electron chi connectivity index (χ1n) is 8.33. The monoisotopic (exact) mass is 384 g/mol. The molecule has 0 N–H and O–H groups in total. The van der Waals surface area contributed by atoms with E-state index < -0.39 is 12.3 Å². The van der Waals surface area contributed by atoms with Gasteiger partial charge in [0.25, 0.3) is 0 Å². The first-order chi connectivity index (χ1) is 10.5. The Bertz CT molecular complexity index is 599. The normalized spacial score (nSPS) is 45.0. The fraction of sp³-hybridized carbons (Fsp3) is 0.579. The Morgan fingerprint density at radius 3 is 2.77 bits per heavy atom. The zero-order valence-corrected chi connectivity index (χ0v) is 15.9. The van der Waals surface area contributed by atoms with Gasteiger partial charge in [-0.15, -0.1) is 0 Å². The third kappa shape index (κ3) is 2.15. The summed E-state index contributed by atoms with van der Waals surface area (Å²) in [6.07, 6.45) is 8.87. The molecule has 120 valence electrons. The number of hydrogen-bond donors (Lipinski definition) is 0. The number of halogens is 1. The van der Waals surface area contributed by atoms with Crippen LogP contribution < -0.4 is 0 Å². The number of hydrogen-bond acceptors (Lipinski definition) is 1. The molecule has 1 aromatic carbocycles. The van der Waals surface area contributed by atoms with Gasteiger partial charge in [0, 0.05) is 0 Å². The summed E-state index contributed by atoms with van der Waals surface area (Å²) >= 11 is -2.31. The van der Waals surface area contributed by atoms with Crippen molar-refractivity contribution in [3.8, 4) is 0 Å². The van der Waals surface area contributed by atoms with E-state index in [0.717, 1.165) is 11.2 Å². The van der Waals surface area contributed by atoms with Crippen molar-refractivity contribution in [3.63, 3.8) is 0 Å². The van der Waals surface area contributed by atoms with Crippen molar-refractivity contribution in [1.82, 2.24) is 0 Å². The minimum atomic E-state index is -2.31. The van der Waals surface area contributed by atoms with Crippen LogP contribution in [-0.2, 0) is 3.82 Å². The predicted molar refractivity (Wildman–Crippen MR) is 95.1 cm³/mol. The fourth-order valence-corrected chi connectivity index (χ4v) is 12.8. The van der Waals surface area contributed by atoms with Gasteiger partial charge in [-0.25, -0.2) is 0 Å². The summed E-state index contributed by atoms with van der Waals surface area (Å²) in [6, 6.07) is 10.5. The number of rotatable bonds is 3. The van der Waals surface area contributed by atoms with Gasteiger partial charge < -0.3 is 0 Å². The summed E-state index contributed by atoms with van der Waals surface area (Å²) in [6.45, 7) is 4.93. The molecule has 1 nitrogen and oxygen atoms in total. The van der Waals surface area contributed by atoms with E-state index in [2.05, 4.69) is 56.3 Å². The summed E-state index contributed by atoms with van der Waals surface area (Å²) < 4.78 is 6.54. The minimum absolute atomic E-state index is 0.389. The third-order valence-electron chi connectivity index (χ3n) is 6.57. The van der Waals surface area contributed by atoms with E-state index in [1.807, 2.05) is 0 Å². The first-order valence-corrected chi connectivity index (χ1v) is 13.7. The van der Waals surface area contributed by atoms with Gasteiger partial charge in [-0.3, -0.25) is 0 Å². The SMILES string of the molecule is CC1(C)[C@@H]2CC[C@]13C[Se](Cl)(C/C=C/c1ccccc1)OC3C2. The topological polar surface area (TPSA) is 9.23 Å². The Labute approximate surface area is 140 Å². The first kappa shape index (κ1) is 15.3. The van der Waals surface area contributed by atoms with E-state index in [-0.39, 0.29) is 0 Å². The molecule has 1 aromatic rings. The van der Waals surface area contributed by atoms with Crippen molar-refractivity contribution in [3.05, 3.63) is 42.0 Å². The molecule has 4 rings (SSSR count). The van der Waals surface area contributed by atoms with Crippen LogP contribution >= 0.6 is 10.1 Å². The van der Waals surface area contributed by atoms with Crippen LogP contribution in [0.5, 0.6) is 0 Å². The summed E-state index contributed by atoms with van der Waals surface area (Å²) in [5.74, 6) is 0.857. The van der Waals surface area contributed by atoms with Gasteiger partial charge >= 0.3 is 141 Å². The van der Waals surface area contributed by atoms with E-state index in [1.54, 1.807) is 0 Å². The third-order valence-corrected chi connectivity index (χ3v) is 12.8. The van der Waals surface area contributed by atoms with Gasteiger partial charge in [-0.05, 0) is 0 Å². The van der Waals surface area contributed by atoms with Gasteiger partial charge in [0.15, 0.2) is 0 Å². The summed E-state index contributed by atoms with van der Waals surface area (Å²) in [4.78, 5) is 0. The van der Waals surface area contributed by atoms with Crippen LogP contribution in [0, 0.1) is 16.7 Å². The summed E-state index contributed by atoms with van der Waals surface area (Å²) in [5, 5.41) is 2.12. The molecule has 4 atom stereocenters. The van der Waals surface area contributed by atoms with Crippen LogP contribution in [0.1, 0.15) is 38.7 Å². The van der Waals surface area contributed by atoms with Gasteiger partial charge in [-0.2, -0.15) is 0 Å². The molecule has 3 heteroatoms. The van der Waals surface area contributed by atoms with E-state index in [9.17, 15) is 0 Å². The molecular formula is C19H25ClOSe. The van der Waals surface area contributed by atoms with Gasteiger partial charge in [0.1, 0.15) is 0 Å². The molecule has 1 spiro atoms. The van der Waals surface area contributed by atoms with Crippen molar-refractivity contribution in [2.45, 2.75) is 49.9 Å². The standard InChI is InChI=1S/C19H25ClOSe/c1-18(2)16-10-11-19(18)14-22(20,21-17(19)13-16)12-6-9-15-7-4-3-5-8-15/h3-9,16-17H,10-14H2,1-2H3/b9-6+/t16-,17?,19-/m1/s1. The van der Waals surface area contributed by atoms with E-state index in [0.29, 0.717) is 16.9 Å². The molecule has 2 bridgehead atoms. The fourth-order valence-electron chi connectivity index (χ4n) is 5.09. The Morgan fingerprint density at radius 1 is 1.32 bits per heavy atom. The molecule has 0 aromatic heterocycles. The Hall–Kier alpha value is -0.271. The van der Waals surface area contributed by atoms with Crippen LogP contribution in [0.25, 0.3) is 6.08 Å². The van der Waals surface area contributed by atoms with Crippen LogP contribution in [0.15, 0.2) is 36.4 Å². The van der Waals surface area contributed by atoms with Crippen molar-refractivity contribution < 1.29 is 3.82 Å².